The standard InChI is InChI=1S/C15H17FN4O/c1-15(2,3)20-14-17-9-8-12(19-14)13(21)18-11-7-5-4-6-10(11)16/h4-9H,1-3H3,(H,18,21)(H,17,19,20). The summed E-state index contributed by atoms with van der Waals surface area (Å²) in [7, 11) is 0. The number of carbonyl (C=O) groups excluding carboxylic acids is 1. The Bertz CT molecular complexity index is 652. The van der Waals surface area contributed by atoms with Gasteiger partial charge in [-0.1, -0.05) is 12.1 Å². The zero-order valence-corrected chi connectivity index (χ0v) is 12.1. The lowest BCUT2D eigenvalue weighted by molar-refractivity contribution is 0.102. The van der Waals surface area contributed by atoms with Crippen molar-refractivity contribution < 1.29 is 9.18 Å². The first-order chi connectivity index (χ1) is 9.85. The maximum atomic E-state index is 13.5. The van der Waals surface area contributed by atoms with Crippen molar-refractivity contribution in [3.8, 4) is 0 Å². The molecule has 1 aromatic carbocycles. The number of amides is 1. The summed E-state index contributed by atoms with van der Waals surface area (Å²) in [6, 6.07) is 7.45. The molecule has 1 amide bonds. The summed E-state index contributed by atoms with van der Waals surface area (Å²) in [6.45, 7) is 5.88. The molecule has 21 heavy (non-hydrogen) atoms. The second kappa shape index (κ2) is 5.87. The number of hydrogen-bond acceptors (Lipinski definition) is 4. The van der Waals surface area contributed by atoms with Crippen molar-refractivity contribution in [1.29, 1.82) is 0 Å². The number of halogens is 1. The van der Waals surface area contributed by atoms with Gasteiger partial charge < -0.3 is 10.6 Å². The number of nitrogens with one attached hydrogen (secondary N) is 2. The fourth-order valence-electron chi connectivity index (χ4n) is 1.63. The van der Waals surface area contributed by atoms with E-state index in [0.717, 1.165) is 0 Å². The molecular formula is C15H17FN4O. The summed E-state index contributed by atoms with van der Waals surface area (Å²) in [6.07, 6.45) is 1.48. The molecule has 0 saturated heterocycles. The van der Waals surface area contributed by atoms with Crippen molar-refractivity contribution in [2.24, 2.45) is 0 Å². The van der Waals surface area contributed by atoms with Gasteiger partial charge in [0.25, 0.3) is 5.91 Å². The molecule has 0 unspecified atom stereocenters. The Kier molecular flexibility index (Phi) is 4.16. The molecule has 5 nitrogen and oxygen atoms in total. The smallest absolute Gasteiger partial charge is 0.274 e. The summed E-state index contributed by atoms with van der Waals surface area (Å²) in [5.74, 6) is -0.629. The van der Waals surface area contributed by atoms with Crippen LogP contribution in [0.2, 0.25) is 0 Å². The van der Waals surface area contributed by atoms with Crippen LogP contribution in [0.1, 0.15) is 31.3 Å². The summed E-state index contributed by atoms with van der Waals surface area (Å²) < 4.78 is 13.5. The van der Waals surface area contributed by atoms with E-state index in [1.807, 2.05) is 20.8 Å². The summed E-state index contributed by atoms with van der Waals surface area (Å²) in [5.41, 5.74) is 0.0622. The lowest BCUT2D eigenvalue weighted by Crippen LogP contribution is -2.28. The lowest BCUT2D eigenvalue weighted by Gasteiger charge is -2.20. The normalized spacial score (nSPS) is 11.0. The number of carbonyl (C=O) groups is 1. The largest absolute Gasteiger partial charge is 0.350 e. The molecule has 0 spiro atoms. The molecule has 0 fully saturated rings. The first-order valence-corrected chi connectivity index (χ1v) is 6.52. The molecule has 0 saturated carbocycles. The fraction of sp³-hybridized carbons (Fsp3) is 0.267. The maximum absolute atomic E-state index is 13.5. The van der Waals surface area contributed by atoms with E-state index in [2.05, 4.69) is 20.6 Å². The molecule has 0 aliphatic carbocycles. The highest BCUT2D eigenvalue weighted by Crippen LogP contribution is 2.14. The van der Waals surface area contributed by atoms with Gasteiger partial charge in [-0.15, -0.1) is 0 Å². The second-order valence-electron chi connectivity index (χ2n) is 5.57. The van der Waals surface area contributed by atoms with Gasteiger partial charge in [0.15, 0.2) is 0 Å². The first-order valence-electron chi connectivity index (χ1n) is 6.52. The Morgan fingerprint density at radius 2 is 1.90 bits per heavy atom. The Hall–Kier alpha value is -2.50. The Balaban J connectivity index is 2.16. The minimum absolute atomic E-state index is 0.117. The lowest BCUT2D eigenvalue weighted by atomic mass is 10.1. The third-order valence-electron chi connectivity index (χ3n) is 2.50. The van der Waals surface area contributed by atoms with Gasteiger partial charge in [-0.3, -0.25) is 4.79 Å². The van der Waals surface area contributed by atoms with Crippen LogP contribution in [0.25, 0.3) is 0 Å². The molecule has 1 aromatic heterocycles. The van der Waals surface area contributed by atoms with E-state index in [4.69, 9.17) is 0 Å². The quantitative estimate of drug-likeness (QED) is 0.911. The molecule has 0 radical (unpaired) electrons. The van der Waals surface area contributed by atoms with E-state index in [1.54, 1.807) is 12.1 Å². The van der Waals surface area contributed by atoms with E-state index in [1.165, 1.54) is 24.4 Å². The number of aromatic nitrogens is 2. The van der Waals surface area contributed by atoms with Crippen molar-refractivity contribution in [3.05, 3.63) is 48.0 Å². The zero-order valence-electron chi connectivity index (χ0n) is 12.1. The van der Waals surface area contributed by atoms with Crippen LogP contribution in [0.3, 0.4) is 0 Å². The van der Waals surface area contributed by atoms with Gasteiger partial charge in [-0.2, -0.15) is 0 Å². The van der Waals surface area contributed by atoms with Crippen molar-refractivity contribution in [1.82, 2.24) is 9.97 Å². The van der Waals surface area contributed by atoms with Crippen molar-refractivity contribution in [2.45, 2.75) is 26.3 Å². The number of anilines is 2. The average Bonchev–Trinajstić information content (AvgIpc) is 2.39. The summed E-state index contributed by atoms with van der Waals surface area (Å²) >= 11 is 0. The monoisotopic (exact) mass is 288 g/mol. The van der Waals surface area contributed by atoms with Gasteiger partial charge in [-0.25, -0.2) is 14.4 Å². The predicted octanol–water partition coefficient (Wildman–Crippen LogP) is 3.08. The first kappa shape index (κ1) is 14.9. The van der Waals surface area contributed by atoms with Gasteiger partial charge >= 0.3 is 0 Å². The van der Waals surface area contributed by atoms with Gasteiger partial charge in [0.05, 0.1) is 5.69 Å². The molecule has 2 N–H and O–H groups in total. The predicted molar refractivity (Wildman–Crippen MR) is 79.8 cm³/mol. The highest BCUT2D eigenvalue weighted by atomic mass is 19.1. The molecule has 0 bridgehead atoms. The summed E-state index contributed by atoms with van der Waals surface area (Å²) in [5, 5.41) is 5.56. The molecule has 2 aromatic rings. The van der Waals surface area contributed by atoms with E-state index in [0.29, 0.717) is 5.95 Å². The molecule has 2 rings (SSSR count). The van der Waals surface area contributed by atoms with E-state index >= 15 is 0 Å². The Morgan fingerprint density at radius 3 is 2.57 bits per heavy atom. The molecule has 6 heteroatoms. The SMILES string of the molecule is CC(C)(C)Nc1nccc(C(=O)Nc2ccccc2F)n1. The van der Waals surface area contributed by atoms with Crippen LogP contribution in [0.4, 0.5) is 16.0 Å². The fourth-order valence-corrected chi connectivity index (χ4v) is 1.63. The highest BCUT2D eigenvalue weighted by Gasteiger charge is 2.14. The van der Waals surface area contributed by atoms with Gasteiger partial charge in [0.2, 0.25) is 5.95 Å². The second-order valence-corrected chi connectivity index (χ2v) is 5.57. The zero-order chi connectivity index (χ0) is 15.5. The average molecular weight is 288 g/mol. The van der Waals surface area contributed by atoms with Gasteiger partial charge in [0, 0.05) is 11.7 Å². The number of para-hydroxylation sites is 1. The molecule has 1 heterocycles. The third kappa shape index (κ3) is 4.24. The Morgan fingerprint density at radius 1 is 1.19 bits per heavy atom. The minimum atomic E-state index is -0.493. The van der Waals surface area contributed by atoms with Crippen molar-refractivity contribution in [2.75, 3.05) is 10.6 Å². The molecule has 0 atom stereocenters. The summed E-state index contributed by atoms with van der Waals surface area (Å²) in [4.78, 5) is 20.3. The van der Waals surface area contributed by atoms with Crippen LogP contribution >= 0.6 is 0 Å². The van der Waals surface area contributed by atoms with Crippen LogP contribution in [0, 0.1) is 5.82 Å². The third-order valence-corrected chi connectivity index (χ3v) is 2.50. The van der Waals surface area contributed by atoms with Crippen LogP contribution in [-0.4, -0.2) is 21.4 Å². The number of nitrogens with zero attached hydrogens (tertiary/aromatic N) is 2. The van der Waals surface area contributed by atoms with E-state index in [-0.39, 0.29) is 16.9 Å². The Labute approximate surface area is 122 Å². The van der Waals surface area contributed by atoms with Crippen LogP contribution in [0.15, 0.2) is 36.5 Å². The van der Waals surface area contributed by atoms with E-state index in [9.17, 15) is 9.18 Å². The van der Waals surface area contributed by atoms with Crippen LogP contribution in [-0.2, 0) is 0 Å². The highest BCUT2D eigenvalue weighted by molar-refractivity contribution is 6.03. The number of hydrogen-bond donors (Lipinski definition) is 2. The minimum Gasteiger partial charge on any atom is -0.350 e. The topological polar surface area (TPSA) is 66.9 Å². The van der Waals surface area contributed by atoms with Crippen molar-refractivity contribution >= 4 is 17.5 Å². The van der Waals surface area contributed by atoms with Crippen molar-refractivity contribution in [3.63, 3.8) is 0 Å². The van der Waals surface area contributed by atoms with Crippen LogP contribution < -0.4 is 10.6 Å². The number of rotatable bonds is 3. The molecule has 0 aliphatic rings. The molecular weight excluding hydrogens is 271 g/mol. The maximum Gasteiger partial charge on any atom is 0.274 e. The van der Waals surface area contributed by atoms with Gasteiger partial charge in [-0.05, 0) is 39.0 Å². The van der Waals surface area contributed by atoms with Gasteiger partial charge in [0.1, 0.15) is 11.5 Å². The van der Waals surface area contributed by atoms with Crippen LogP contribution in [0.5, 0.6) is 0 Å². The number of benzene rings is 1. The molecule has 110 valence electrons. The molecule has 0 aliphatic heterocycles. The van der Waals surface area contributed by atoms with E-state index < -0.39 is 11.7 Å².